The number of hydrogen-bond donors (Lipinski definition) is 28. The second kappa shape index (κ2) is 57.7. The number of carbonyl (C=O) groups is 13. The van der Waals surface area contributed by atoms with Crippen molar-refractivity contribution in [2.24, 2.45) is 110 Å². The van der Waals surface area contributed by atoms with Gasteiger partial charge in [0.05, 0.1) is 6.54 Å². The smallest absolute Gasteiger partial charge is 0.243 e. The number of nitrogens with two attached hydrogens (primary N) is 14. The van der Waals surface area contributed by atoms with Crippen LogP contribution in [0.3, 0.4) is 0 Å². The van der Waals surface area contributed by atoms with E-state index in [4.69, 9.17) is 80.3 Å². The molecule has 0 radical (unpaired) electrons. The number of primary amides is 2. The molecule has 0 saturated heterocycles. The highest BCUT2D eigenvalue weighted by Crippen LogP contribution is 2.15. The van der Waals surface area contributed by atoms with E-state index in [1.54, 1.807) is 19.2 Å². The third-order valence-electron chi connectivity index (χ3n) is 17.0. The fraction of sp³-hybridized carbons (Fsp3) is 0.632. The number of phenolic OH excluding ortho intramolecular Hbond substituents is 1. The van der Waals surface area contributed by atoms with Crippen LogP contribution in [-0.2, 0) is 68.7 Å². The first-order valence-electron chi connectivity index (χ1n) is 37.7. The molecule has 0 aliphatic carbocycles. The van der Waals surface area contributed by atoms with Crippen LogP contribution < -0.4 is 149 Å². The number of carbonyl (C=O) groups excluding carboxylic acids is 13. The average Bonchev–Trinajstić information content (AvgIpc) is 0.861. The van der Waals surface area contributed by atoms with Gasteiger partial charge in [-0.15, -0.1) is 0 Å². The van der Waals surface area contributed by atoms with Crippen LogP contribution >= 0.6 is 0 Å². The molecule has 1 aromatic carbocycles. The predicted molar refractivity (Wildman–Crippen MR) is 432 cm³/mol. The lowest BCUT2D eigenvalue weighted by Gasteiger charge is -2.28. The van der Waals surface area contributed by atoms with E-state index < -0.39 is 157 Å². The van der Waals surface area contributed by atoms with E-state index in [-0.39, 0.29) is 197 Å². The van der Waals surface area contributed by atoms with E-state index in [1.807, 2.05) is 0 Å². The largest absolute Gasteiger partial charge is 0.508 e. The summed E-state index contributed by atoms with van der Waals surface area (Å²) in [5.74, 6) is -12.7. The van der Waals surface area contributed by atoms with E-state index in [2.05, 4.69) is 99.1 Å². The first kappa shape index (κ1) is 101. The molecule has 0 spiro atoms. The second-order valence-corrected chi connectivity index (χ2v) is 26.6. The molecule has 0 aliphatic rings. The number of phenols is 1. The second-order valence-electron chi connectivity index (χ2n) is 26.6. The number of benzene rings is 1. The molecule has 646 valence electrons. The number of aliphatic imine (C=N–C) groups is 6. The van der Waals surface area contributed by atoms with Gasteiger partial charge in [0.25, 0.3) is 0 Å². The number of amides is 13. The summed E-state index contributed by atoms with van der Waals surface area (Å²) in [6.07, 6.45) is -0.424. The van der Waals surface area contributed by atoms with Crippen LogP contribution in [0.1, 0.15) is 141 Å². The molecular formula is C68H125N33O14. The first-order chi connectivity index (χ1) is 54.5. The maximum atomic E-state index is 14.9. The van der Waals surface area contributed by atoms with Gasteiger partial charge in [-0.3, -0.25) is 92.3 Å². The van der Waals surface area contributed by atoms with Gasteiger partial charge in [-0.05, 0) is 153 Å². The van der Waals surface area contributed by atoms with Crippen LogP contribution in [0.15, 0.2) is 54.2 Å². The van der Waals surface area contributed by atoms with Crippen molar-refractivity contribution in [3.63, 3.8) is 0 Å². The average molecular weight is 1630 g/mol. The number of rotatable bonds is 59. The lowest BCUT2D eigenvalue weighted by Crippen LogP contribution is -2.60. The number of nitrogens with zero attached hydrogens (tertiary/aromatic N) is 6. The number of unbranched alkanes of at least 4 members (excludes halogenated alkanes) is 2. The van der Waals surface area contributed by atoms with Crippen molar-refractivity contribution in [1.29, 1.82) is 0 Å². The maximum absolute atomic E-state index is 14.9. The van der Waals surface area contributed by atoms with Crippen LogP contribution in [0, 0.1) is 0 Å². The molecule has 115 heavy (non-hydrogen) atoms. The summed E-state index contributed by atoms with van der Waals surface area (Å²) in [6.45, 7) is 0.881. The van der Waals surface area contributed by atoms with E-state index in [0.717, 1.165) is 0 Å². The highest BCUT2D eigenvalue weighted by molar-refractivity contribution is 5.99. The van der Waals surface area contributed by atoms with Gasteiger partial charge in [-0.25, -0.2) is 0 Å². The van der Waals surface area contributed by atoms with Crippen molar-refractivity contribution >= 4 is 113 Å². The van der Waals surface area contributed by atoms with Crippen LogP contribution in [-0.4, -0.2) is 251 Å². The topological polar surface area (TPSA) is 837 Å². The summed E-state index contributed by atoms with van der Waals surface area (Å²) < 4.78 is 0. The molecule has 1 aromatic rings. The van der Waals surface area contributed by atoms with Gasteiger partial charge in [-0.2, -0.15) is 0 Å². The van der Waals surface area contributed by atoms with E-state index in [9.17, 15) is 67.4 Å². The third-order valence-corrected chi connectivity index (χ3v) is 17.0. The molecule has 47 heteroatoms. The Hall–Kier alpha value is -12.3. The zero-order valence-electron chi connectivity index (χ0n) is 65.8. The highest BCUT2D eigenvalue weighted by atomic mass is 16.3. The highest BCUT2D eigenvalue weighted by Gasteiger charge is 2.36. The molecule has 0 aliphatic heterocycles. The fourth-order valence-electron chi connectivity index (χ4n) is 11.1. The van der Waals surface area contributed by atoms with Crippen molar-refractivity contribution in [3.8, 4) is 5.75 Å². The quantitative estimate of drug-likeness (QED) is 0.0164. The lowest BCUT2D eigenvalue weighted by atomic mass is 10.0. The van der Waals surface area contributed by atoms with Crippen molar-refractivity contribution in [1.82, 2.24) is 69.1 Å². The molecule has 42 N–H and O–H groups in total. The Bertz CT molecular complexity index is 3450. The molecule has 1 rings (SSSR count). The van der Waals surface area contributed by atoms with Gasteiger partial charge in [0.2, 0.25) is 76.8 Å². The molecule has 0 unspecified atom stereocenters. The molecular weight excluding hydrogens is 1500 g/mol. The Balaban J connectivity index is 3.94. The summed E-state index contributed by atoms with van der Waals surface area (Å²) in [4.78, 5) is 205. The Morgan fingerprint density at radius 2 is 0.670 bits per heavy atom. The van der Waals surface area contributed by atoms with E-state index in [0.29, 0.717) is 24.4 Å². The minimum Gasteiger partial charge on any atom is -0.508 e. The molecule has 47 nitrogen and oxygen atoms in total. The van der Waals surface area contributed by atoms with Crippen molar-refractivity contribution in [2.75, 3.05) is 73.0 Å². The Kier molecular flexibility index (Phi) is 50.5. The van der Waals surface area contributed by atoms with E-state index >= 15 is 0 Å². The molecule has 0 bridgehead atoms. The molecule has 13 amide bonds. The Labute approximate surface area is 667 Å². The molecule has 0 heterocycles. The van der Waals surface area contributed by atoms with Crippen LogP contribution in [0.25, 0.3) is 0 Å². The number of guanidine groups is 6. The summed E-state index contributed by atoms with van der Waals surface area (Å²) in [6, 6.07) is -8.71. The fourth-order valence-corrected chi connectivity index (χ4v) is 11.1. The predicted octanol–water partition coefficient (Wildman–Crippen LogP) is -11.2. The molecule has 0 fully saturated rings. The zero-order valence-corrected chi connectivity index (χ0v) is 65.8. The third kappa shape index (κ3) is 46.3. The summed E-state index contributed by atoms with van der Waals surface area (Å²) in [7, 11) is 3.15. The SMILES string of the molecule is CN=C(NC)NCCC[C@H](NC(=O)[C@H](CCCN=C(N)N)NC(=O)[C@H](CCC(N)=O)NC(=O)[C@H](CCCN=C(N)N)NC(=O)[C@H](CCCN=C(N)N)NC(=O)[C@H](CCCCN)NC(=O)[C@H](CCCCN)NC(=O)[C@H](CCCN=C(N)N)NC(=O)CNC(=O)[C@H](Cc1ccc(O)cc1)NC(C)=O)C(=O)N[C@@H](CCCN=C(N)N)C(N)=O. The summed E-state index contributed by atoms with van der Waals surface area (Å²) >= 11 is 0. The van der Waals surface area contributed by atoms with Crippen LogP contribution in [0.4, 0.5) is 0 Å². The Morgan fingerprint density at radius 1 is 0.365 bits per heavy atom. The molecule has 0 saturated carbocycles. The number of aromatic hydroxyl groups is 1. The van der Waals surface area contributed by atoms with Crippen molar-refractivity contribution < 1.29 is 67.4 Å². The minimum absolute atomic E-state index is 0.000569. The van der Waals surface area contributed by atoms with Crippen molar-refractivity contribution in [3.05, 3.63) is 29.8 Å². The summed E-state index contributed by atoms with van der Waals surface area (Å²) in [5, 5.41) is 44.2. The number of nitrogens with one attached hydrogen (secondary N) is 13. The number of hydrogen-bond acceptors (Lipinski definition) is 22. The van der Waals surface area contributed by atoms with Gasteiger partial charge < -0.3 is 154 Å². The van der Waals surface area contributed by atoms with Gasteiger partial charge in [0, 0.05) is 73.1 Å². The Morgan fingerprint density at radius 3 is 0.965 bits per heavy atom. The van der Waals surface area contributed by atoms with Gasteiger partial charge in [0.1, 0.15) is 66.2 Å². The minimum atomic E-state index is -1.72. The van der Waals surface area contributed by atoms with Gasteiger partial charge in [-0.1, -0.05) is 12.1 Å². The normalized spacial score (nSPS) is 13.5. The van der Waals surface area contributed by atoms with Gasteiger partial charge in [0.15, 0.2) is 35.8 Å². The van der Waals surface area contributed by atoms with E-state index in [1.165, 1.54) is 26.1 Å². The molecule has 0 aromatic heterocycles. The zero-order chi connectivity index (χ0) is 86.4. The standard InChI is InChI=1S/C68H125N33O14/c1-38(102)92-50(36-39-22-24-40(103)25-23-39)54(107)91-37-52(105)93-42(17-9-31-86-64(75)76)55(108)95-43(14-4-6-28-69)57(110)96-44(15-5-7-29-70)58(111)98-46(18-10-32-87-65(77)78)59(112)99-48(20-12-34-89-67(81)82)61(114)101-49(26-27-51(71)104)62(115)100-47(19-11-33-88-66(79)80)60(113)97-45(21-13-35-90-68(83-2)84-3)56(109)94-41(53(72)106)16-8-30-85-63(73)74/h22-25,41-50,103H,4-21,26-37,69-70H2,1-3H3,(H2,71,104)(H2,72,106)(H,91,107)(H,92,102)(H,93,105)(H,94,109)(H,95,108)(H,96,110)(H,97,113)(H,98,111)(H,99,112)(H,100,115)(H,101,114)(H4,73,74,85)(H4,75,76,86)(H4,77,78,87)(H4,79,80,88)(H4,81,82,89)(H2,83,84,90)/t41-,42-,43-,44-,45-,46-,47-,48-,49-,50-/m0/s1. The summed E-state index contributed by atoms with van der Waals surface area (Å²) in [5.41, 5.74) is 79.2. The van der Waals surface area contributed by atoms with Gasteiger partial charge >= 0.3 is 0 Å². The van der Waals surface area contributed by atoms with Crippen LogP contribution in [0.2, 0.25) is 0 Å². The van der Waals surface area contributed by atoms with Crippen LogP contribution in [0.5, 0.6) is 5.75 Å². The lowest BCUT2D eigenvalue weighted by molar-refractivity contribution is -0.136. The molecule has 10 atom stereocenters. The first-order valence-corrected chi connectivity index (χ1v) is 37.7. The van der Waals surface area contributed by atoms with Crippen molar-refractivity contribution in [2.45, 2.75) is 202 Å². The monoisotopic (exact) mass is 1630 g/mol. The maximum Gasteiger partial charge on any atom is 0.243 e.